The van der Waals surface area contributed by atoms with Crippen LogP contribution in [0.4, 0.5) is 11.4 Å². The lowest BCUT2D eigenvalue weighted by atomic mass is 10.1. The van der Waals surface area contributed by atoms with Gasteiger partial charge in [0.25, 0.3) is 10.0 Å². The minimum atomic E-state index is -3.45. The first-order valence-electron chi connectivity index (χ1n) is 8.59. The molecule has 0 N–H and O–H groups in total. The summed E-state index contributed by atoms with van der Waals surface area (Å²) in [5.41, 5.74) is 3.15. The van der Waals surface area contributed by atoms with Crippen molar-refractivity contribution < 1.29 is 8.42 Å². The van der Waals surface area contributed by atoms with E-state index in [1.165, 1.54) is 24.2 Å². The zero-order valence-electron chi connectivity index (χ0n) is 13.9. The van der Waals surface area contributed by atoms with Gasteiger partial charge < -0.3 is 4.90 Å². The quantitative estimate of drug-likeness (QED) is 0.833. The first-order chi connectivity index (χ1) is 11.6. The van der Waals surface area contributed by atoms with Crippen LogP contribution in [0.25, 0.3) is 0 Å². The topological polar surface area (TPSA) is 40.6 Å². The van der Waals surface area contributed by atoms with Crippen molar-refractivity contribution in [2.75, 3.05) is 28.8 Å². The van der Waals surface area contributed by atoms with E-state index in [0.717, 1.165) is 47.7 Å². The van der Waals surface area contributed by atoms with Crippen LogP contribution in [0.15, 0.2) is 34.5 Å². The van der Waals surface area contributed by atoms with Gasteiger partial charge >= 0.3 is 0 Å². The highest BCUT2D eigenvalue weighted by Gasteiger charge is 2.32. The highest BCUT2D eigenvalue weighted by Crippen LogP contribution is 2.38. The third-order valence-electron chi connectivity index (χ3n) is 4.92. The number of hydrogen-bond acceptors (Lipinski definition) is 4. The van der Waals surface area contributed by atoms with Gasteiger partial charge in [0, 0.05) is 30.2 Å². The predicted molar refractivity (Wildman–Crippen MR) is 99.8 cm³/mol. The van der Waals surface area contributed by atoms with E-state index in [2.05, 4.69) is 30.0 Å². The van der Waals surface area contributed by atoms with E-state index in [1.807, 2.05) is 6.07 Å². The smallest absolute Gasteiger partial charge is 0.273 e. The van der Waals surface area contributed by atoms with Crippen LogP contribution in [0.1, 0.15) is 30.2 Å². The van der Waals surface area contributed by atoms with Crippen LogP contribution in [0.5, 0.6) is 0 Å². The van der Waals surface area contributed by atoms with E-state index in [0.29, 0.717) is 10.8 Å². The maximum atomic E-state index is 13.1. The van der Waals surface area contributed by atoms with E-state index < -0.39 is 10.0 Å². The van der Waals surface area contributed by atoms with Gasteiger partial charge in [0.1, 0.15) is 4.21 Å². The summed E-state index contributed by atoms with van der Waals surface area (Å²) in [7, 11) is -3.45. The monoisotopic (exact) mass is 362 g/mol. The summed E-state index contributed by atoms with van der Waals surface area (Å²) in [5, 5.41) is 0. The standard InChI is InChI=1S/C18H22N2O2S2/c1-2-16-7-8-18(23-16)24(21,22)20-12-9-14-5-6-15(13-17(14)20)19-10-3-4-11-19/h5-8,13H,2-4,9-12H2,1H3. The van der Waals surface area contributed by atoms with E-state index in [1.54, 1.807) is 10.4 Å². The zero-order valence-corrected chi connectivity index (χ0v) is 15.5. The molecule has 0 amide bonds. The van der Waals surface area contributed by atoms with Gasteiger partial charge in [-0.25, -0.2) is 8.42 Å². The Hall–Kier alpha value is -1.53. The molecule has 128 valence electrons. The fourth-order valence-corrected chi connectivity index (χ4v) is 6.46. The van der Waals surface area contributed by atoms with Gasteiger partial charge in [-0.05, 0) is 55.5 Å². The van der Waals surface area contributed by atoms with Crippen molar-refractivity contribution in [3.8, 4) is 0 Å². The van der Waals surface area contributed by atoms with Gasteiger partial charge in [0.15, 0.2) is 0 Å². The summed E-state index contributed by atoms with van der Waals surface area (Å²) >= 11 is 1.39. The highest BCUT2D eigenvalue weighted by molar-refractivity contribution is 7.94. The molecule has 0 radical (unpaired) electrons. The number of anilines is 2. The largest absolute Gasteiger partial charge is 0.371 e. The molecule has 1 saturated heterocycles. The average Bonchev–Trinajstić information content (AvgIpc) is 3.32. The van der Waals surface area contributed by atoms with Crippen LogP contribution in [0.2, 0.25) is 0 Å². The summed E-state index contributed by atoms with van der Waals surface area (Å²) < 4.78 is 28.2. The molecule has 3 heterocycles. The average molecular weight is 363 g/mol. The second-order valence-electron chi connectivity index (χ2n) is 6.41. The van der Waals surface area contributed by atoms with Crippen LogP contribution in [0, 0.1) is 0 Å². The SMILES string of the molecule is CCc1ccc(S(=O)(=O)N2CCc3ccc(N4CCCC4)cc32)s1. The third-order valence-corrected chi connectivity index (χ3v) is 8.43. The lowest BCUT2D eigenvalue weighted by molar-refractivity contribution is 0.594. The van der Waals surface area contributed by atoms with Gasteiger partial charge in [0.05, 0.1) is 5.69 Å². The molecule has 4 rings (SSSR count). The molecule has 0 atom stereocenters. The number of rotatable bonds is 4. The molecule has 4 nitrogen and oxygen atoms in total. The molecule has 6 heteroatoms. The lowest BCUT2D eigenvalue weighted by Gasteiger charge is -2.22. The Morgan fingerprint density at radius 1 is 1.08 bits per heavy atom. The van der Waals surface area contributed by atoms with Crippen LogP contribution < -0.4 is 9.21 Å². The van der Waals surface area contributed by atoms with Crippen molar-refractivity contribution in [3.63, 3.8) is 0 Å². The Morgan fingerprint density at radius 2 is 1.88 bits per heavy atom. The Bertz CT molecular complexity index is 852. The van der Waals surface area contributed by atoms with Gasteiger partial charge in [-0.3, -0.25) is 4.31 Å². The third kappa shape index (κ3) is 2.62. The molecule has 0 saturated carbocycles. The number of nitrogens with zero attached hydrogens (tertiary/aromatic N) is 2. The fourth-order valence-electron chi connectivity index (χ4n) is 3.56. The number of aryl methyl sites for hydroxylation is 1. The lowest BCUT2D eigenvalue weighted by Crippen LogP contribution is -2.28. The van der Waals surface area contributed by atoms with E-state index >= 15 is 0 Å². The molecule has 0 aliphatic carbocycles. The molecule has 1 fully saturated rings. The van der Waals surface area contributed by atoms with E-state index in [-0.39, 0.29) is 0 Å². The van der Waals surface area contributed by atoms with Gasteiger partial charge in [-0.1, -0.05) is 13.0 Å². The first kappa shape index (κ1) is 16.0. The normalized spacial score (nSPS) is 17.5. The molecule has 0 spiro atoms. The molecular formula is C18H22N2O2S2. The van der Waals surface area contributed by atoms with Crippen molar-refractivity contribution in [3.05, 3.63) is 40.8 Å². The van der Waals surface area contributed by atoms with Crippen molar-refractivity contribution >= 4 is 32.7 Å². The summed E-state index contributed by atoms with van der Waals surface area (Å²) in [5.74, 6) is 0. The minimum absolute atomic E-state index is 0.457. The Labute approximate surface area is 147 Å². The second kappa shape index (κ2) is 6.08. The summed E-state index contributed by atoms with van der Waals surface area (Å²) in [6.07, 6.45) is 4.10. The maximum absolute atomic E-state index is 13.1. The number of hydrogen-bond donors (Lipinski definition) is 0. The Balaban J connectivity index is 1.70. The first-order valence-corrected chi connectivity index (χ1v) is 10.8. The van der Waals surface area contributed by atoms with Crippen LogP contribution >= 0.6 is 11.3 Å². The van der Waals surface area contributed by atoms with E-state index in [9.17, 15) is 8.42 Å². The molecule has 24 heavy (non-hydrogen) atoms. The van der Waals surface area contributed by atoms with Crippen molar-refractivity contribution in [2.45, 2.75) is 36.8 Å². The molecule has 0 bridgehead atoms. The van der Waals surface area contributed by atoms with Crippen molar-refractivity contribution in [1.82, 2.24) is 0 Å². The van der Waals surface area contributed by atoms with Crippen molar-refractivity contribution in [1.29, 1.82) is 0 Å². The molecule has 1 aromatic carbocycles. The number of thiophene rings is 1. The van der Waals surface area contributed by atoms with Crippen LogP contribution in [0.3, 0.4) is 0 Å². The molecule has 1 aromatic heterocycles. The number of fused-ring (bicyclic) bond motifs is 1. The Morgan fingerprint density at radius 3 is 2.58 bits per heavy atom. The van der Waals surface area contributed by atoms with Crippen LogP contribution in [-0.4, -0.2) is 28.1 Å². The molecular weight excluding hydrogens is 340 g/mol. The van der Waals surface area contributed by atoms with Gasteiger partial charge in [-0.2, -0.15) is 0 Å². The molecule has 2 aliphatic rings. The molecule has 2 aromatic rings. The summed E-state index contributed by atoms with van der Waals surface area (Å²) in [6, 6.07) is 9.99. The second-order valence-corrected chi connectivity index (χ2v) is 9.67. The number of sulfonamides is 1. The highest BCUT2D eigenvalue weighted by atomic mass is 32.2. The minimum Gasteiger partial charge on any atom is -0.371 e. The maximum Gasteiger partial charge on any atom is 0.273 e. The number of benzene rings is 1. The molecule has 0 unspecified atom stereocenters. The predicted octanol–water partition coefficient (Wildman–Crippen LogP) is 3.66. The van der Waals surface area contributed by atoms with E-state index in [4.69, 9.17) is 0 Å². The van der Waals surface area contributed by atoms with Gasteiger partial charge in [0.2, 0.25) is 0 Å². The van der Waals surface area contributed by atoms with Gasteiger partial charge in [-0.15, -0.1) is 11.3 Å². The molecule has 2 aliphatic heterocycles. The van der Waals surface area contributed by atoms with Crippen molar-refractivity contribution in [2.24, 2.45) is 0 Å². The fraction of sp³-hybridized carbons (Fsp3) is 0.444. The summed E-state index contributed by atoms with van der Waals surface area (Å²) in [4.78, 5) is 3.46. The zero-order chi connectivity index (χ0) is 16.7. The summed E-state index contributed by atoms with van der Waals surface area (Å²) in [6.45, 7) is 4.73. The Kier molecular flexibility index (Phi) is 4.04. The van der Waals surface area contributed by atoms with Crippen LogP contribution in [-0.2, 0) is 22.9 Å².